The minimum Gasteiger partial charge on any atom is -0.478 e. The van der Waals surface area contributed by atoms with E-state index in [2.05, 4.69) is 60.3 Å². The number of carboxylic acids is 2. The van der Waals surface area contributed by atoms with Crippen molar-refractivity contribution in [1.82, 2.24) is 10.6 Å². The number of halogens is 8. The van der Waals surface area contributed by atoms with Crippen molar-refractivity contribution in [2.45, 2.75) is 98.1 Å². The van der Waals surface area contributed by atoms with Gasteiger partial charge in [0, 0.05) is 46.6 Å². The molecule has 7 aromatic carbocycles. The van der Waals surface area contributed by atoms with Crippen molar-refractivity contribution < 1.29 is 117 Å². The number of nitrogens with one attached hydrogen (secondary N) is 2. The number of amides is 2. The van der Waals surface area contributed by atoms with Crippen LogP contribution >= 0.6 is 15.9 Å². The molecule has 2 amide bonds. The van der Waals surface area contributed by atoms with Crippen molar-refractivity contribution >= 4 is 69.9 Å². The largest absolute Gasteiger partial charge is 0.478 e. The summed E-state index contributed by atoms with van der Waals surface area (Å²) in [5.74, 6) is -8.76. The van der Waals surface area contributed by atoms with E-state index in [-0.39, 0.29) is 81.8 Å². The molecule has 0 saturated carbocycles. The number of aryl methyl sites for hydroxylation is 2. The molecule has 32 heteroatoms. The summed E-state index contributed by atoms with van der Waals surface area (Å²) in [6, 6.07) is 27.7. The Morgan fingerprint density at radius 3 is 0.942 bits per heavy atom. The first-order valence-electron chi connectivity index (χ1n) is 29.8. The second-order valence-corrected chi connectivity index (χ2v) is 23.0. The standard InChI is InChI=1S/C14H18FNO4.C13H16FNO4.C9H8BrFO2.C9H8FN3O2.C9H10FNO2.C9H9FO2.C8H7FO2/c1-14(2,3)20-13(18)16-8-10-6-5-9(7-11(10)15)12(17)19-4;1-13(2,3)19-12(18)15-7-9-5-4-8(11(16)17)6-10(9)14;1-13-9(12)6-2-3-7(5-10)8(11)4-6;1-15-9(14)6-2-3-7(5-12-13-11)8(10)4-6;1-13-9(12)6-2-3-7(5-11)8(10)4-6;1-6-3-4-7(5-8(6)10)9(11)12-2;1-5-2-3-6(8(10)11)4-7(5)9/h5-7H,8H2,1-4H3,(H,16,18);4-6H,7H2,1-3H3,(H,15,18)(H,16,17);2-4H,5H2,1H3;2-4H,5H2,1H3;2-4H,5,11H2,1H3;3-5H,1-2H3;2-4H,1H3,(H,10,11). The number of alkyl carbamates (subject to hydrolysis) is 2. The number of benzene rings is 7. The van der Waals surface area contributed by atoms with Crippen LogP contribution in [0.1, 0.15) is 153 Å². The van der Waals surface area contributed by atoms with Crippen molar-refractivity contribution in [2.24, 2.45) is 10.8 Å². The van der Waals surface area contributed by atoms with E-state index in [0.29, 0.717) is 27.6 Å². The van der Waals surface area contributed by atoms with Crippen LogP contribution in [0.3, 0.4) is 0 Å². The molecule has 0 spiro atoms. The Morgan fingerprint density at radius 1 is 0.427 bits per heavy atom. The topological polar surface area (TPSA) is 358 Å². The third kappa shape index (κ3) is 33.6. The highest BCUT2D eigenvalue weighted by molar-refractivity contribution is 9.08. The van der Waals surface area contributed by atoms with Gasteiger partial charge < -0.3 is 59.7 Å². The van der Waals surface area contributed by atoms with E-state index in [1.807, 2.05) is 0 Å². The molecule has 0 aromatic heterocycles. The number of esters is 5. The van der Waals surface area contributed by atoms with Crippen LogP contribution in [0, 0.1) is 54.6 Å². The van der Waals surface area contributed by atoms with E-state index in [4.69, 9.17) is 31.0 Å². The lowest BCUT2D eigenvalue weighted by atomic mass is 10.1. The van der Waals surface area contributed by atoms with Gasteiger partial charge in [0.2, 0.25) is 0 Å². The van der Waals surface area contributed by atoms with E-state index >= 15 is 0 Å². The van der Waals surface area contributed by atoms with Crippen molar-refractivity contribution in [3.05, 3.63) is 256 Å². The normalized spacial score (nSPS) is 10.1. The number of nitrogens with two attached hydrogens (primary N) is 1. The molecule has 0 fully saturated rings. The van der Waals surface area contributed by atoms with Crippen molar-refractivity contribution in [1.29, 1.82) is 0 Å². The first-order valence-corrected chi connectivity index (χ1v) is 30.9. The van der Waals surface area contributed by atoms with Gasteiger partial charge in [-0.3, -0.25) is 0 Å². The van der Waals surface area contributed by atoms with E-state index in [0.717, 1.165) is 30.3 Å². The molecule has 0 saturated heterocycles. The fourth-order valence-corrected chi connectivity index (χ4v) is 7.63. The number of nitrogens with zero attached hydrogens (tertiary/aromatic N) is 3. The third-order valence-electron chi connectivity index (χ3n) is 12.5. The Labute approximate surface area is 596 Å². The van der Waals surface area contributed by atoms with Gasteiger partial charge in [-0.1, -0.05) is 63.5 Å². The molecule has 6 N–H and O–H groups in total. The number of carboxylic acid groups (broad SMARTS) is 2. The van der Waals surface area contributed by atoms with Gasteiger partial charge in [-0.15, -0.1) is 0 Å². The maximum atomic E-state index is 13.7. The molecule has 0 aliphatic rings. The molecule has 24 nitrogen and oxygen atoms in total. The van der Waals surface area contributed by atoms with E-state index in [1.54, 1.807) is 67.5 Å². The van der Waals surface area contributed by atoms with Gasteiger partial charge >= 0.3 is 54.0 Å². The molecular formula is C71H76BrF7N6O18. The summed E-state index contributed by atoms with van der Waals surface area (Å²) in [6.45, 7) is 13.5. The molecule has 0 aliphatic carbocycles. The summed E-state index contributed by atoms with van der Waals surface area (Å²) in [4.78, 5) is 101. The Balaban J connectivity index is 0.000000607. The van der Waals surface area contributed by atoms with E-state index in [9.17, 15) is 73.9 Å². The minimum atomic E-state index is -1.20. The first-order chi connectivity index (χ1) is 48.2. The summed E-state index contributed by atoms with van der Waals surface area (Å²) in [7, 11) is 6.21. The van der Waals surface area contributed by atoms with Crippen LogP contribution in [0.15, 0.2) is 133 Å². The smallest absolute Gasteiger partial charge is 0.407 e. The zero-order valence-corrected chi connectivity index (χ0v) is 59.6. The summed E-state index contributed by atoms with van der Waals surface area (Å²) < 4.78 is 125. The van der Waals surface area contributed by atoms with E-state index < -0.39 is 106 Å². The summed E-state index contributed by atoms with van der Waals surface area (Å²) >= 11 is 3.13. The van der Waals surface area contributed by atoms with Crippen molar-refractivity contribution in [3.8, 4) is 0 Å². The molecule has 554 valence electrons. The molecule has 0 unspecified atom stereocenters. The van der Waals surface area contributed by atoms with Gasteiger partial charge in [0.15, 0.2) is 0 Å². The van der Waals surface area contributed by atoms with Crippen molar-refractivity contribution in [2.75, 3.05) is 35.5 Å². The number of rotatable bonds is 15. The van der Waals surface area contributed by atoms with Gasteiger partial charge in [-0.05, 0) is 168 Å². The number of methoxy groups -OCH3 is 5. The molecule has 0 atom stereocenters. The Morgan fingerprint density at radius 2 is 0.680 bits per heavy atom. The fourth-order valence-electron chi connectivity index (χ4n) is 7.17. The maximum absolute atomic E-state index is 13.7. The Bertz CT molecular complexity index is 4080. The number of aromatic carboxylic acids is 2. The predicted octanol–water partition coefficient (Wildman–Crippen LogP) is 14.9. The highest BCUT2D eigenvalue weighted by Crippen LogP contribution is 2.19. The second-order valence-electron chi connectivity index (χ2n) is 22.5. The number of carbonyl (C=O) groups excluding carboxylic acids is 7. The van der Waals surface area contributed by atoms with Gasteiger partial charge in [-0.2, -0.15) is 0 Å². The van der Waals surface area contributed by atoms with Crippen LogP contribution < -0.4 is 16.4 Å². The molecule has 7 rings (SSSR count). The van der Waals surface area contributed by atoms with Crippen LogP contribution in [-0.2, 0) is 64.7 Å². The van der Waals surface area contributed by atoms with Crippen LogP contribution in [0.5, 0.6) is 0 Å². The van der Waals surface area contributed by atoms with E-state index in [1.165, 1.54) is 120 Å². The minimum absolute atomic E-state index is 0.0203. The fraction of sp³-hybridized carbons (Fsp3) is 0.282. The lowest BCUT2D eigenvalue weighted by Gasteiger charge is -2.19. The Kier molecular flexibility index (Phi) is 38.9. The first kappa shape index (κ1) is 89.6. The number of hydrogen-bond acceptors (Lipinski definition) is 18. The average Bonchev–Trinajstić information content (AvgIpc) is 0.892. The lowest BCUT2D eigenvalue weighted by molar-refractivity contribution is 0.0511. The second kappa shape index (κ2) is 44.7. The summed E-state index contributed by atoms with van der Waals surface area (Å²) in [6.07, 6.45) is -1.29. The van der Waals surface area contributed by atoms with Crippen molar-refractivity contribution in [3.63, 3.8) is 0 Å². The zero-order chi connectivity index (χ0) is 78.5. The van der Waals surface area contributed by atoms with Gasteiger partial charge in [0.1, 0.15) is 51.9 Å². The molecular weight excluding hydrogens is 1440 g/mol. The number of hydrogen-bond donors (Lipinski definition) is 5. The predicted molar refractivity (Wildman–Crippen MR) is 364 cm³/mol. The number of carbonyl (C=O) groups is 9. The quantitative estimate of drug-likeness (QED) is 0.0121. The monoisotopic (exact) mass is 1510 g/mol. The average molecular weight is 1510 g/mol. The number of ether oxygens (including phenoxy) is 7. The number of azide groups is 1. The van der Waals surface area contributed by atoms with Gasteiger partial charge in [0.25, 0.3) is 0 Å². The molecule has 7 aromatic rings. The zero-order valence-electron chi connectivity index (χ0n) is 58.0. The lowest BCUT2D eigenvalue weighted by Crippen LogP contribution is -2.32. The molecule has 0 radical (unpaired) electrons. The molecule has 0 bridgehead atoms. The highest BCUT2D eigenvalue weighted by Gasteiger charge is 2.20. The molecule has 0 heterocycles. The molecule has 103 heavy (non-hydrogen) atoms. The van der Waals surface area contributed by atoms with Crippen LogP contribution in [0.4, 0.5) is 40.3 Å². The Hall–Kier alpha value is -11.4. The molecule has 0 aliphatic heterocycles. The summed E-state index contributed by atoms with van der Waals surface area (Å²) in [5, 5.41) is 25.6. The third-order valence-corrected chi connectivity index (χ3v) is 13.1. The van der Waals surface area contributed by atoms with Crippen LogP contribution in [-0.4, -0.2) is 111 Å². The van der Waals surface area contributed by atoms with Crippen LogP contribution in [0.25, 0.3) is 10.4 Å². The number of alkyl halides is 1. The highest BCUT2D eigenvalue weighted by atomic mass is 79.9. The van der Waals surface area contributed by atoms with Gasteiger partial charge in [0.05, 0.1) is 81.0 Å². The van der Waals surface area contributed by atoms with Gasteiger partial charge in [-0.25, -0.2) is 73.9 Å². The van der Waals surface area contributed by atoms with Crippen LogP contribution in [0.2, 0.25) is 0 Å². The summed E-state index contributed by atoms with van der Waals surface area (Å²) in [5.41, 5.74) is 15.4. The maximum Gasteiger partial charge on any atom is 0.407 e. The SMILES string of the molecule is CC(C)(C)OC(=O)NCc1ccc(C(=O)O)cc1F.COC(=O)c1ccc(C)c(F)c1.COC(=O)c1ccc(CBr)c(F)c1.COC(=O)c1ccc(CN)c(F)c1.COC(=O)c1ccc(CN=[N+]=[N-])c(F)c1.COC(=O)c1ccc(CNC(=O)OC(C)(C)C)c(F)c1.Cc1ccc(C(=O)O)cc1F.